The van der Waals surface area contributed by atoms with Crippen LogP contribution in [0.5, 0.6) is 5.75 Å². The molecule has 118 valence electrons. The first-order chi connectivity index (χ1) is 9.59. The molecule has 0 saturated heterocycles. The van der Waals surface area contributed by atoms with E-state index in [-0.39, 0.29) is 10.8 Å². The minimum absolute atomic E-state index is 0.0451. The Hall–Kier alpha value is -1.02. The van der Waals surface area contributed by atoms with Crippen molar-refractivity contribution < 1.29 is 5.11 Å². The van der Waals surface area contributed by atoms with Crippen molar-refractivity contribution in [2.75, 3.05) is 0 Å². The van der Waals surface area contributed by atoms with Gasteiger partial charge in [-0.25, -0.2) is 0 Å². The quantitative estimate of drug-likeness (QED) is 0.850. The van der Waals surface area contributed by atoms with Gasteiger partial charge in [0.1, 0.15) is 5.75 Å². The standard InChI is InChI=1S/C19H31NO/c1-18(2,3)15-10-13(12-20-14-8-7-9-14)11-16(17(15)21)19(4,5)6/h10-11,14,20-21H,7-9,12H2,1-6H3. The molecular formula is C19H31NO. The summed E-state index contributed by atoms with van der Waals surface area (Å²) in [5, 5.41) is 14.3. The molecule has 1 aliphatic carbocycles. The molecule has 1 aromatic carbocycles. The summed E-state index contributed by atoms with van der Waals surface area (Å²) in [6.07, 6.45) is 3.96. The molecular weight excluding hydrogens is 258 g/mol. The minimum Gasteiger partial charge on any atom is -0.507 e. The molecule has 0 aliphatic heterocycles. The van der Waals surface area contributed by atoms with Crippen molar-refractivity contribution in [2.24, 2.45) is 0 Å². The molecule has 2 N–H and O–H groups in total. The van der Waals surface area contributed by atoms with Crippen LogP contribution < -0.4 is 5.32 Å². The average Bonchev–Trinajstić information content (AvgIpc) is 2.25. The van der Waals surface area contributed by atoms with Crippen LogP contribution in [0.2, 0.25) is 0 Å². The molecule has 0 spiro atoms. The zero-order valence-corrected chi connectivity index (χ0v) is 14.5. The largest absolute Gasteiger partial charge is 0.507 e. The Morgan fingerprint density at radius 1 is 1.00 bits per heavy atom. The number of benzene rings is 1. The van der Waals surface area contributed by atoms with Crippen LogP contribution in [0.25, 0.3) is 0 Å². The van der Waals surface area contributed by atoms with E-state index in [0.717, 1.165) is 17.7 Å². The molecule has 1 aliphatic rings. The second kappa shape index (κ2) is 5.64. The van der Waals surface area contributed by atoms with Gasteiger partial charge in [-0.3, -0.25) is 0 Å². The van der Waals surface area contributed by atoms with Gasteiger partial charge in [0.2, 0.25) is 0 Å². The predicted octanol–water partition coefficient (Wildman–Crippen LogP) is 4.63. The van der Waals surface area contributed by atoms with Gasteiger partial charge in [0.05, 0.1) is 0 Å². The summed E-state index contributed by atoms with van der Waals surface area (Å²) in [6.45, 7) is 13.9. The Balaban J connectivity index is 2.35. The van der Waals surface area contributed by atoms with Crippen molar-refractivity contribution in [2.45, 2.75) is 84.2 Å². The van der Waals surface area contributed by atoms with Crippen LogP contribution in [0.4, 0.5) is 0 Å². The number of hydrogen-bond donors (Lipinski definition) is 2. The summed E-state index contributed by atoms with van der Waals surface area (Å²) in [5.41, 5.74) is 3.31. The number of hydrogen-bond acceptors (Lipinski definition) is 2. The minimum atomic E-state index is -0.0451. The summed E-state index contributed by atoms with van der Waals surface area (Å²) in [7, 11) is 0. The van der Waals surface area contributed by atoms with Crippen molar-refractivity contribution in [3.63, 3.8) is 0 Å². The van der Waals surface area contributed by atoms with E-state index in [2.05, 4.69) is 59.0 Å². The second-order valence-corrected chi connectivity index (χ2v) is 8.55. The third-order valence-corrected chi connectivity index (χ3v) is 4.49. The Morgan fingerprint density at radius 3 is 1.81 bits per heavy atom. The first-order valence-electron chi connectivity index (χ1n) is 8.19. The Kier molecular flexibility index (Phi) is 4.39. The van der Waals surface area contributed by atoms with Gasteiger partial charge in [0, 0.05) is 12.6 Å². The first kappa shape index (κ1) is 16.4. The normalized spacial score (nSPS) is 16.9. The van der Waals surface area contributed by atoms with Crippen molar-refractivity contribution >= 4 is 0 Å². The average molecular weight is 289 g/mol. The van der Waals surface area contributed by atoms with E-state index in [0.29, 0.717) is 11.8 Å². The fraction of sp³-hybridized carbons (Fsp3) is 0.684. The van der Waals surface area contributed by atoms with Gasteiger partial charge < -0.3 is 10.4 Å². The summed E-state index contributed by atoms with van der Waals surface area (Å²) >= 11 is 0. The molecule has 1 fully saturated rings. The fourth-order valence-corrected chi connectivity index (χ4v) is 2.81. The van der Waals surface area contributed by atoms with Crippen LogP contribution in [-0.2, 0) is 17.4 Å². The molecule has 0 radical (unpaired) electrons. The van der Waals surface area contributed by atoms with Crippen LogP contribution in [0.15, 0.2) is 12.1 Å². The highest BCUT2D eigenvalue weighted by Crippen LogP contribution is 2.39. The van der Waals surface area contributed by atoms with Gasteiger partial charge in [-0.05, 0) is 40.4 Å². The fourth-order valence-electron chi connectivity index (χ4n) is 2.81. The van der Waals surface area contributed by atoms with E-state index in [1.165, 1.54) is 24.8 Å². The van der Waals surface area contributed by atoms with Crippen LogP contribution in [0.1, 0.15) is 77.5 Å². The molecule has 21 heavy (non-hydrogen) atoms. The van der Waals surface area contributed by atoms with Crippen LogP contribution in [0.3, 0.4) is 0 Å². The van der Waals surface area contributed by atoms with Gasteiger partial charge in [0.15, 0.2) is 0 Å². The zero-order chi connectivity index (χ0) is 15.8. The summed E-state index contributed by atoms with van der Waals surface area (Å²) in [6, 6.07) is 5.04. The number of nitrogens with one attached hydrogen (secondary N) is 1. The molecule has 1 saturated carbocycles. The maximum atomic E-state index is 10.7. The molecule has 1 aromatic rings. The SMILES string of the molecule is CC(C)(C)c1cc(CNC2CCC2)cc(C(C)(C)C)c1O. The van der Waals surface area contributed by atoms with Crippen LogP contribution >= 0.6 is 0 Å². The van der Waals surface area contributed by atoms with E-state index < -0.39 is 0 Å². The highest BCUT2D eigenvalue weighted by Gasteiger charge is 2.26. The molecule has 0 bridgehead atoms. The lowest BCUT2D eigenvalue weighted by molar-refractivity contribution is 0.338. The van der Waals surface area contributed by atoms with Gasteiger partial charge in [-0.2, -0.15) is 0 Å². The predicted molar refractivity (Wildman–Crippen MR) is 90.0 cm³/mol. The van der Waals surface area contributed by atoms with Crippen molar-refractivity contribution in [3.05, 3.63) is 28.8 Å². The maximum absolute atomic E-state index is 10.7. The molecule has 0 heterocycles. The summed E-state index contributed by atoms with van der Waals surface area (Å²) < 4.78 is 0. The summed E-state index contributed by atoms with van der Waals surface area (Å²) in [4.78, 5) is 0. The third-order valence-electron chi connectivity index (χ3n) is 4.49. The van der Waals surface area contributed by atoms with Gasteiger partial charge in [-0.15, -0.1) is 0 Å². The van der Waals surface area contributed by atoms with Crippen LogP contribution in [-0.4, -0.2) is 11.1 Å². The highest BCUT2D eigenvalue weighted by atomic mass is 16.3. The third kappa shape index (κ3) is 3.79. The number of rotatable bonds is 3. The molecule has 0 aromatic heterocycles. The zero-order valence-electron chi connectivity index (χ0n) is 14.5. The molecule has 0 atom stereocenters. The van der Waals surface area contributed by atoms with Crippen molar-refractivity contribution in [1.29, 1.82) is 0 Å². The molecule has 2 nitrogen and oxygen atoms in total. The van der Waals surface area contributed by atoms with Gasteiger partial charge in [-0.1, -0.05) is 60.1 Å². The number of aromatic hydroxyl groups is 1. The number of phenolic OH excluding ortho intramolecular Hbond substituents is 1. The smallest absolute Gasteiger partial charge is 0.123 e. The number of phenols is 1. The Bertz CT molecular complexity index is 466. The lowest BCUT2D eigenvalue weighted by atomic mass is 9.78. The van der Waals surface area contributed by atoms with E-state index in [1.807, 2.05) is 0 Å². The molecule has 0 amide bonds. The van der Waals surface area contributed by atoms with E-state index >= 15 is 0 Å². The second-order valence-electron chi connectivity index (χ2n) is 8.55. The van der Waals surface area contributed by atoms with Crippen molar-refractivity contribution in [1.82, 2.24) is 5.32 Å². The molecule has 2 heteroatoms. The summed E-state index contributed by atoms with van der Waals surface area (Å²) in [5.74, 6) is 0.474. The highest BCUT2D eigenvalue weighted by molar-refractivity contribution is 5.49. The topological polar surface area (TPSA) is 32.3 Å². The van der Waals surface area contributed by atoms with E-state index in [4.69, 9.17) is 0 Å². The Morgan fingerprint density at radius 2 is 1.48 bits per heavy atom. The monoisotopic (exact) mass is 289 g/mol. The van der Waals surface area contributed by atoms with Crippen LogP contribution in [0, 0.1) is 0 Å². The van der Waals surface area contributed by atoms with Gasteiger partial charge in [0.25, 0.3) is 0 Å². The molecule has 2 rings (SSSR count). The lowest BCUT2D eigenvalue weighted by Crippen LogP contribution is -2.34. The maximum Gasteiger partial charge on any atom is 0.123 e. The first-order valence-corrected chi connectivity index (χ1v) is 8.19. The molecule has 0 unspecified atom stereocenters. The van der Waals surface area contributed by atoms with E-state index in [1.54, 1.807) is 0 Å². The lowest BCUT2D eigenvalue weighted by Gasteiger charge is -2.30. The Labute approximate surface area is 130 Å². The van der Waals surface area contributed by atoms with Crippen molar-refractivity contribution in [3.8, 4) is 5.75 Å². The van der Waals surface area contributed by atoms with Gasteiger partial charge >= 0.3 is 0 Å². The van der Waals surface area contributed by atoms with E-state index in [9.17, 15) is 5.11 Å².